The molecule has 0 saturated heterocycles. The fraction of sp³-hybridized carbons (Fsp3) is 0.429. The second kappa shape index (κ2) is 5.73. The van der Waals surface area contributed by atoms with Gasteiger partial charge in [0.05, 0.1) is 0 Å². The number of rotatable bonds is 3. The minimum atomic E-state index is 0.771. The van der Waals surface area contributed by atoms with Gasteiger partial charge < -0.3 is 14.8 Å². The maximum absolute atomic E-state index is 4.64. The van der Waals surface area contributed by atoms with Crippen molar-refractivity contribution in [3.63, 3.8) is 0 Å². The van der Waals surface area contributed by atoms with E-state index in [0.29, 0.717) is 0 Å². The molecular formula is C14H21N5. The van der Waals surface area contributed by atoms with Crippen molar-refractivity contribution in [3.05, 3.63) is 30.1 Å². The van der Waals surface area contributed by atoms with Crippen molar-refractivity contribution in [1.82, 2.24) is 19.8 Å². The number of aromatic nitrogens is 2. The van der Waals surface area contributed by atoms with Gasteiger partial charge in [0.15, 0.2) is 5.96 Å². The van der Waals surface area contributed by atoms with Crippen LogP contribution in [0.2, 0.25) is 0 Å². The molecule has 0 amide bonds. The number of aliphatic imine (C=N–C) groups is 1. The molecule has 0 saturated carbocycles. The predicted molar refractivity (Wildman–Crippen MR) is 79.5 cm³/mol. The van der Waals surface area contributed by atoms with Crippen molar-refractivity contribution in [3.8, 4) is 0 Å². The van der Waals surface area contributed by atoms with Gasteiger partial charge in [-0.2, -0.15) is 0 Å². The highest BCUT2D eigenvalue weighted by molar-refractivity contribution is 5.80. The molecule has 0 aliphatic heterocycles. The van der Waals surface area contributed by atoms with E-state index in [-0.39, 0.29) is 0 Å². The zero-order chi connectivity index (χ0) is 13.8. The standard InChI is InChI=1S/C14H21N5/c1-18(2)14(19(3)4)16-9-7-11-10-17-13-12(11)6-5-8-15-13/h5-6,8,10H,7,9H2,1-4H3,(H,15,17). The minimum absolute atomic E-state index is 0.771. The van der Waals surface area contributed by atoms with E-state index in [4.69, 9.17) is 0 Å². The summed E-state index contributed by atoms with van der Waals surface area (Å²) in [4.78, 5) is 16.2. The van der Waals surface area contributed by atoms with E-state index in [1.165, 1.54) is 10.9 Å². The zero-order valence-electron chi connectivity index (χ0n) is 12.0. The number of aromatic amines is 1. The van der Waals surface area contributed by atoms with Crippen LogP contribution in [0.1, 0.15) is 5.56 Å². The highest BCUT2D eigenvalue weighted by Gasteiger charge is 2.05. The highest BCUT2D eigenvalue weighted by Crippen LogP contribution is 2.15. The fourth-order valence-electron chi connectivity index (χ4n) is 2.18. The molecule has 1 N–H and O–H groups in total. The summed E-state index contributed by atoms with van der Waals surface area (Å²) in [5.41, 5.74) is 2.21. The quantitative estimate of drug-likeness (QED) is 0.672. The highest BCUT2D eigenvalue weighted by atomic mass is 15.3. The first-order valence-electron chi connectivity index (χ1n) is 6.39. The van der Waals surface area contributed by atoms with Gasteiger partial charge in [-0.25, -0.2) is 4.98 Å². The summed E-state index contributed by atoms with van der Waals surface area (Å²) in [6.45, 7) is 0.771. The van der Waals surface area contributed by atoms with Crippen LogP contribution < -0.4 is 0 Å². The number of fused-ring (bicyclic) bond motifs is 1. The van der Waals surface area contributed by atoms with Gasteiger partial charge in [-0.05, 0) is 24.1 Å². The van der Waals surface area contributed by atoms with Crippen molar-refractivity contribution in [2.24, 2.45) is 4.99 Å². The molecule has 2 aromatic rings. The van der Waals surface area contributed by atoms with Crippen molar-refractivity contribution in [1.29, 1.82) is 0 Å². The molecule has 0 aliphatic rings. The van der Waals surface area contributed by atoms with E-state index in [9.17, 15) is 0 Å². The first-order valence-corrected chi connectivity index (χ1v) is 6.39. The van der Waals surface area contributed by atoms with Gasteiger partial charge in [0, 0.05) is 52.5 Å². The molecule has 2 rings (SSSR count). The van der Waals surface area contributed by atoms with Crippen molar-refractivity contribution < 1.29 is 0 Å². The Morgan fingerprint density at radius 3 is 2.68 bits per heavy atom. The molecule has 0 fully saturated rings. The van der Waals surface area contributed by atoms with Crippen LogP contribution in [0.15, 0.2) is 29.5 Å². The Morgan fingerprint density at radius 2 is 2.00 bits per heavy atom. The lowest BCUT2D eigenvalue weighted by molar-refractivity contribution is 0.479. The molecule has 2 heterocycles. The minimum Gasteiger partial charge on any atom is -0.349 e. The van der Waals surface area contributed by atoms with Gasteiger partial charge in [-0.15, -0.1) is 0 Å². The first kappa shape index (κ1) is 13.4. The van der Waals surface area contributed by atoms with E-state index in [2.05, 4.69) is 21.0 Å². The molecule has 0 radical (unpaired) electrons. The number of hydrogen-bond donors (Lipinski definition) is 1. The topological polar surface area (TPSA) is 47.5 Å². The molecule has 0 aliphatic carbocycles. The van der Waals surface area contributed by atoms with Crippen LogP contribution in [0, 0.1) is 0 Å². The Labute approximate surface area is 114 Å². The van der Waals surface area contributed by atoms with E-state index in [1.807, 2.05) is 50.3 Å². The summed E-state index contributed by atoms with van der Waals surface area (Å²) >= 11 is 0. The lowest BCUT2D eigenvalue weighted by Crippen LogP contribution is -2.35. The van der Waals surface area contributed by atoms with E-state index in [1.54, 1.807) is 6.20 Å². The fourth-order valence-corrected chi connectivity index (χ4v) is 2.18. The number of guanidine groups is 1. The van der Waals surface area contributed by atoms with Gasteiger partial charge in [-0.3, -0.25) is 4.99 Å². The summed E-state index contributed by atoms with van der Waals surface area (Å²) in [5, 5.41) is 1.19. The molecule has 2 aromatic heterocycles. The average molecular weight is 259 g/mol. The molecule has 0 spiro atoms. The molecule has 5 heteroatoms. The SMILES string of the molecule is CN(C)C(=NCCc1c[nH]c2ncccc12)N(C)C. The number of H-pyrrole nitrogens is 1. The molecule has 5 nitrogen and oxygen atoms in total. The normalized spacial score (nSPS) is 10.5. The van der Waals surface area contributed by atoms with Crippen molar-refractivity contribution in [2.45, 2.75) is 6.42 Å². The Hall–Kier alpha value is -2.04. The van der Waals surface area contributed by atoms with Gasteiger partial charge in [0.25, 0.3) is 0 Å². The van der Waals surface area contributed by atoms with Crippen LogP contribution >= 0.6 is 0 Å². The molecule has 102 valence electrons. The average Bonchev–Trinajstić information content (AvgIpc) is 2.77. The molecule has 0 unspecified atom stereocenters. The van der Waals surface area contributed by atoms with Gasteiger partial charge in [-0.1, -0.05) is 0 Å². The van der Waals surface area contributed by atoms with Crippen LogP contribution in [0.4, 0.5) is 0 Å². The maximum Gasteiger partial charge on any atom is 0.195 e. The maximum atomic E-state index is 4.64. The van der Waals surface area contributed by atoms with Crippen molar-refractivity contribution >= 4 is 17.0 Å². The van der Waals surface area contributed by atoms with Crippen LogP contribution in [0.5, 0.6) is 0 Å². The van der Waals surface area contributed by atoms with Crippen LogP contribution in [-0.2, 0) is 6.42 Å². The lowest BCUT2D eigenvalue weighted by atomic mass is 10.1. The van der Waals surface area contributed by atoms with E-state index < -0.39 is 0 Å². The smallest absolute Gasteiger partial charge is 0.195 e. The van der Waals surface area contributed by atoms with Gasteiger partial charge >= 0.3 is 0 Å². The molecular weight excluding hydrogens is 238 g/mol. The van der Waals surface area contributed by atoms with Crippen LogP contribution in [-0.4, -0.2) is 60.5 Å². The first-order chi connectivity index (χ1) is 9.09. The molecule has 0 atom stereocenters. The largest absolute Gasteiger partial charge is 0.349 e. The second-order valence-corrected chi connectivity index (χ2v) is 4.93. The van der Waals surface area contributed by atoms with Gasteiger partial charge in [0.1, 0.15) is 5.65 Å². The zero-order valence-corrected chi connectivity index (χ0v) is 12.0. The van der Waals surface area contributed by atoms with E-state index >= 15 is 0 Å². The third kappa shape index (κ3) is 3.05. The summed E-state index contributed by atoms with van der Waals surface area (Å²) in [7, 11) is 8.03. The Balaban J connectivity index is 2.08. The predicted octanol–water partition coefficient (Wildman–Crippen LogP) is 1.58. The summed E-state index contributed by atoms with van der Waals surface area (Å²) in [6.07, 6.45) is 4.74. The van der Waals surface area contributed by atoms with Crippen molar-refractivity contribution in [2.75, 3.05) is 34.7 Å². The van der Waals surface area contributed by atoms with E-state index in [0.717, 1.165) is 24.6 Å². The number of nitrogens with zero attached hydrogens (tertiary/aromatic N) is 4. The van der Waals surface area contributed by atoms with Crippen LogP contribution in [0.25, 0.3) is 11.0 Å². The molecule has 19 heavy (non-hydrogen) atoms. The molecule has 0 bridgehead atoms. The third-order valence-corrected chi connectivity index (χ3v) is 2.97. The summed E-state index contributed by atoms with van der Waals surface area (Å²) < 4.78 is 0. The monoisotopic (exact) mass is 259 g/mol. The third-order valence-electron chi connectivity index (χ3n) is 2.97. The summed E-state index contributed by atoms with van der Waals surface area (Å²) in [6, 6.07) is 4.06. The number of nitrogens with one attached hydrogen (secondary N) is 1. The Morgan fingerprint density at radius 1 is 1.26 bits per heavy atom. The lowest BCUT2D eigenvalue weighted by Gasteiger charge is -2.22. The Bertz CT molecular complexity index is 558. The molecule has 0 aromatic carbocycles. The van der Waals surface area contributed by atoms with Gasteiger partial charge in [0.2, 0.25) is 0 Å². The Kier molecular flexibility index (Phi) is 4.04. The number of hydrogen-bond acceptors (Lipinski definition) is 2. The van der Waals surface area contributed by atoms with Crippen LogP contribution in [0.3, 0.4) is 0 Å². The number of pyridine rings is 1. The summed E-state index contributed by atoms with van der Waals surface area (Å²) in [5.74, 6) is 0.984. The second-order valence-electron chi connectivity index (χ2n) is 4.93.